The van der Waals surface area contributed by atoms with E-state index in [1.807, 2.05) is 30.3 Å². The molecule has 10 heteroatoms. The van der Waals surface area contributed by atoms with Crippen LogP contribution in [0.3, 0.4) is 0 Å². The van der Waals surface area contributed by atoms with Gasteiger partial charge in [0, 0.05) is 25.8 Å². The molecule has 3 aromatic carbocycles. The minimum atomic E-state index is -0.730. The fourth-order valence-corrected chi connectivity index (χ4v) is 3.71. The molecule has 1 saturated heterocycles. The monoisotopic (exact) mass is 488 g/mol. The number of benzene rings is 3. The Kier molecular flexibility index (Phi) is 6.56. The minimum Gasteiger partial charge on any atom is -0.457 e. The number of hydrogen-bond donors (Lipinski definition) is 1. The van der Waals surface area contributed by atoms with Gasteiger partial charge < -0.3 is 9.64 Å². The van der Waals surface area contributed by atoms with Gasteiger partial charge in [0.15, 0.2) is 5.11 Å². The van der Waals surface area contributed by atoms with E-state index in [0.29, 0.717) is 22.9 Å². The lowest BCUT2D eigenvalue weighted by Crippen LogP contribution is -2.54. The van der Waals surface area contributed by atoms with Crippen molar-refractivity contribution in [2.24, 2.45) is 0 Å². The number of rotatable bonds is 6. The molecule has 35 heavy (non-hydrogen) atoms. The predicted molar refractivity (Wildman–Crippen MR) is 137 cm³/mol. The second-order valence-corrected chi connectivity index (χ2v) is 8.15. The maximum atomic E-state index is 13.3. The van der Waals surface area contributed by atoms with Crippen molar-refractivity contribution in [3.63, 3.8) is 0 Å². The van der Waals surface area contributed by atoms with Crippen LogP contribution in [0.2, 0.25) is 0 Å². The number of carbonyl (C=O) groups is 2. The van der Waals surface area contributed by atoms with Gasteiger partial charge in [-0.1, -0.05) is 18.2 Å². The predicted octanol–water partition coefficient (Wildman–Crippen LogP) is 4.28. The number of nitro groups is 1. The van der Waals surface area contributed by atoms with E-state index < -0.39 is 16.7 Å². The zero-order valence-electron chi connectivity index (χ0n) is 18.8. The molecule has 0 saturated carbocycles. The summed E-state index contributed by atoms with van der Waals surface area (Å²) in [6, 6.07) is 20.3. The van der Waals surface area contributed by atoms with E-state index in [0.717, 1.165) is 4.90 Å². The second-order valence-electron chi connectivity index (χ2n) is 7.76. The molecule has 9 nitrogen and oxygen atoms in total. The Balaban J connectivity index is 1.65. The first-order valence-corrected chi connectivity index (χ1v) is 10.9. The third-order valence-electron chi connectivity index (χ3n) is 5.20. The van der Waals surface area contributed by atoms with E-state index in [4.69, 9.17) is 17.0 Å². The summed E-state index contributed by atoms with van der Waals surface area (Å²) in [5.74, 6) is -0.219. The zero-order valence-corrected chi connectivity index (χ0v) is 19.6. The standard InChI is InChI=1S/C25H20N4O5S/c1-27(2)18-9-8-16(22(15-18)29(32)33)14-21-23(30)26-25(35)28(24(21)31)17-10-12-20(13-11-17)34-19-6-4-3-5-7-19/h3-15H,1-2H3,(H,26,30,35)/b21-14+. The quantitative estimate of drug-likeness (QED) is 0.181. The molecular weight excluding hydrogens is 468 g/mol. The van der Waals surface area contributed by atoms with Crippen molar-refractivity contribution in [3.8, 4) is 11.5 Å². The Bertz CT molecular complexity index is 1350. The molecule has 0 radical (unpaired) electrons. The zero-order chi connectivity index (χ0) is 25.1. The number of nitro benzene ring substituents is 1. The summed E-state index contributed by atoms with van der Waals surface area (Å²) in [7, 11) is 3.51. The number of ether oxygens (including phenoxy) is 1. The van der Waals surface area contributed by atoms with E-state index in [-0.39, 0.29) is 21.9 Å². The highest BCUT2D eigenvalue weighted by Gasteiger charge is 2.35. The minimum absolute atomic E-state index is 0.0914. The highest BCUT2D eigenvalue weighted by atomic mass is 32.1. The summed E-state index contributed by atoms with van der Waals surface area (Å²) in [6.07, 6.45) is 1.21. The van der Waals surface area contributed by atoms with Gasteiger partial charge in [0.05, 0.1) is 16.2 Å². The van der Waals surface area contributed by atoms with Gasteiger partial charge in [-0.3, -0.25) is 29.9 Å². The SMILES string of the molecule is CN(C)c1ccc(/C=C2\C(=O)NC(=S)N(c3ccc(Oc4ccccc4)cc3)C2=O)c([N+](=O)[O-])c1. The number of amides is 2. The van der Waals surface area contributed by atoms with Gasteiger partial charge in [0.25, 0.3) is 17.5 Å². The van der Waals surface area contributed by atoms with E-state index in [1.165, 1.54) is 18.2 Å². The maximum Gasteiger partial charge on any atom is 0.278 e. The molecule has 4 rings (SSSR count). The third-order valence-corrected chi connectivity index (χ3v) is 5.49. The van der Waals surface area contributed by atoms with E-state index in [2.05, 4.69) is 5.32 Å². The first-order valence-electron chi connectivity index (χ1n) is 10.4. The van der Waals surface area contributed by atoms with Crippen molar-refractivity contribution in [2.45, 2.75) is 0 Å². The summed E-state index contributed by atoms with van der Waals surface area (Å²) in [6.45, 7) is 0. The van der Waals surface area contributed by atoms with Crippen LogP contribution in [0.25, 0.3) is 6.08 Å². The van der Waals surface area contributed by atoms with Crippen molar-refractivity contribution in [1.82, 2.24) is 5.32 Å². The highest BCUT2D eigenvalue weighted by molar-refractivity contribution is 7.80. The molecule has 2 amide bonds. The van der Waals surface area contributed by atoms with Crippen LogP contribution < -0.4 is 19.9 Å². The largest absolute Gasteiger partial charge is 0.457 e. The topological polar surface area (TPSA) is 105 Å². The van der Waals surface area contributed by atoms with Crippen molar-refractivity contribution >= 4 is 52.3 Å². The van der Waals surface area contributed by atoms with Crippen molar-refractivity contribution in [2.75, 3.05) is 23.9 Å². The van der Waals surface area contributed by atoms with Crippen molar-refractivity contribution in [1.29, 1.82) is 0 Å². The average molecular weight is 489 g/mol. The van der Waals surface area contributed by atoms with Crippen LogP contribution in [0.5, 0.6) is 11.5 Å². The fraction of sp³-hybridized carbons (Fsp3) is 0.0800. The van der Waals surface area contributed by atoms with Gasteiger partial charge in [-0.15, -0.1) is 0 Å². The van der Waals surface area contributed by atoms with Crippen LogP contribution in [-0.4, -0.2) is 35.9 Å². The molecule has 0 unspecified atom stereocenters. The molecule has 1 heterocycles. The Labute approximate surface area is 206 Å². The van der Waals surface area contributed by atoms with Crippen LogP contribution in [0.4, 0.5) is 17.1 Å². The summed E-state index contributed by atoms with van der Waals surface area (Å²) in [5, 5.41) is 14.0. The van der Waals surface area contributed by atoms with Gasteiger partial charge in [0.2, 0.25) is 0 Å². The number of nitrogens with zero attached hydrogens (tertiary/aromatic N) is 3. The Morgan fingerprint density at radius 3 is 2.29 bits per heavy atom. The van der Waals surface area contributed by atoms with Crippen molar-refractivity contribution in [3.05, 3.63) is 94.0 Å². The van der Waals surface area contributed by atoms with Crippen LogP contribution in [0.1, 0.15) is 5.56 Å². The summed E-state index contributed by atoms with van der Waals surface area (Å²) < 4.78 is 5.77. The Morgan fingerprint density at radius 1 is 1.00 bits per heavy atom. The van der Waals surface area contributed by atoms with Gasteiger partial charge in [-0.25, -0.2) is 0 Å². The smallest absolute Gasteiger partial charge is 0.278 e. The normalized spacial score (nSPS) is 14.6. The van der Waals surface area contributed by atoms with E-state index >= 15 is 0 Å². The molecule has 1 aliphatic heterocycles. The summed E-state index contributed by atoms with van der Waals surface area (Å²) in [5.41, 5.74) is 0.636. The molecule has 0 spiro atoms. The van der Waals surface area contributed by atoms with Gasteiger partial charge in [-0.05, 0) is 66.8 Å². The Morgan fingerprint density at radius 2 is 1.66 bits per heavy atom. The van der Waals surface area contributed by atoms with Gasteiger partial charge in [-0.2, -0.15) is 0 Å². The highest BCUT2D eigenvalue weighted by Crippen LogP contribution is 2.30. The molecule has 176 valence electrons. The lowest BCUT2D eigenvalue weighted by atomic mass is 10.0. The molecule has 1 aliphatic rings. The molecule has 0 aromatic heterocycles. The number of thiocarbonyl (C=S) groups is 1. The lowest BCUT2D eigenvalue weighted by Gasteiger charge is -2.29. The summed E-state index contributed by atoms with van der Waals surface area (Å²) in [4.78, 5) is 39.8. The van der Waals surface area contributed by atoms with Gasteiger partial charge >= 0.3 is 0 Å². The first-order chi connectivity index (χ1) is 16.7. The van der Waals surface area contributed by atoms with Crippen LogP contribution in [0, 0.1) is 10.1 Å². The lowest BCUT2D eigenvalue weighted by molar-refractivity contribution is -0.385. The molecule has 3 aromatic rings. The number of anilines is 2. The fourth-order valence-electron chi connectivity index (χ4n) is 3.43. The number of carbonyl (C=O) groups excluding carboxylic acids is 2. The van der Waals surface area contributed by atoms with E-state index in [9.17, 15) is 19.7 Å². The second kappa shape index (κ2) is 9.74. The number of hydrogen-bond acceptors (Lipinski definition) is 7. The third kappa shape index (κ3) is 5.02. The van der Waals surface area contributed by atoms with Crippen LogP contribution in [-0.2, 0) is 9.59 Å². The van der Waals surface area contributed by atoms with Crippen LogP contribution in [0.15, 0.2) is 78.4 Å². The van der Waals surface area contributed by atoms with E-state index in [1.54, 1.807) is 49.3 Å². The van der Waals surface area contributed by atoms with Gasteiger partial charge in [0.1, 0.15) is 17.1 Å². The van der Waals surface area contributed by atoms with Crippen LogP contribution >= 0.6 is 12.2 Å². The number of para-hydroxylation sites is 1. The average Bonchev–Trinajstić information content (AvgIpc) is 2.83. The maximum absolute atomic E-state index is 13.3. The number of nitrogens with one attached hydrogen (secondary N) is 1. The Hall–Kier alpha value is -4.57. The summed E-state index contributed by atoms with van der Waals surface area (Å²) >= 11 is 5.23. The first kappa shape index (κ1) is 23.6. The van der Waals surface area contributed by atoms with Crippen molar-refractivity contribution < 1.29 is 19.2 Å². The molecule has 0 bridgehead atoms. The molecule has 0 atom stereocenters. The molecule has 1 N–H and O–H groups in total. The molecular formula is C25H20N4O5S. The molecule has 0 aliphatic carbocycles. The molecule has 1 fully saturated rings.